The van der Waals surface area contributed by atoms with E-state index in [0.29, 0.717) is 13.1 Å². The molecule has 1 N–H and O–H groups in total. The summed E-state index contributed by atoms with van der Waals surface area (Å²) in [6.45, 7) is 3.35. The number of nitrogens with zero attached hydrogens (tertiary/aromatic N) is 3. The van der Waals surface area contributed by atoms with Crippen molar-refractivity contribution in [3.05, 3.63) is 60.2 Å². The Morgan fingerprint density at radius 2 is 1.67 bits per heavy atom. The van der Waals surface area contributed by atoms with Gasteiger partial charge in [0.1, 0.15) is 5.54 Å². The van der Waals surface area contributed by atoms with E-state index in [9.17, 15) is 10.1 Å². The highest BCUT2D eigenvalue weighted by atomic mass is 16.4. The van der Waals surface area contributed by atoms with Crippen molar-refractivity contribution < 1.29 is 9.90 Å². The van der Waals surface area contributed by atoms with Gasteiger partial charge in [-0.15, -0.1) is 0 Å². The van der Waals surface area contributed by atoms with Crippen molar-refractivity contribution in [1.29, 1.82) is 5.26 Å². The largest absolute Gasteiger partial charge is 0.465 e. The van der Waals surface area contributed by atoms with Crippen LogP contribution in [-0.2, 0) is 5.54 Å². The van der Waals surface area contributed by atoms with Crippen LogP contribution in [-0.4, -0.2) is 47.2 Å². The summed E-state index contributed by atoms with van der Waals surface area (Å²) < 4.78 is 0. The first-order valence-electron chi connectivity index (χ1n) is 9.23. The molecule has 0 aliphatic carbocycles. The summed E-state index contributed by atoms with van der Waals surface area (Å²) in [5.74, 6) is 0. The zero-order valence-electron chi connectivity index (χ0n) is 15.8. The molecule has 1 saturated heterocycles. The molecule has 1 fully saturated rings. The maximum absolute atomic E-state index is 11.2. The van der Waals surface area contributed by atoms with Crippen molar-refractivity contribution in [2.24, 2.45) is 0 Å². The van der Waals surface area contributed by atoms with Crippen LogP contribution in [0.25, 0.3) is 11.1 Å². The normalized spacial score (nSPS) is 17.7. The van der Waals surface area contributed by atoms with E-state index in [0.717, 1.165) is 29.5 Å². The highest BCUT2D eigenvalue weighted by molar-refractivity contribution is 5.65. The summed E-state index contributed by atoms with van der Waals surface area (Å²) in [5.41, 5.74) is 2.53. The average Bonchev–Trinajstić information content (AvgIpc) is 2.73. The van der Waals surface area contributed by atoms with Gasteiger partial charge in [-0.3, -0.25) is 4.90 Å². The van der Waals surface area contributed by atoms with E-state index in [-0.39, 0.29) is 6.04 Å². The summed E-state index contributed by atoms with van der Waals surface area (Å²) >= 11 is 0. The highest BCUT2D eigenvalue weighted by Crippen LogP contribution is 2.32. The monoisotopic (exact) mass is 363 g/mol. The van der Waals surface area contributed by atoms with Crippen LogP contribution < -0.4 is 0 Å². The second kappa shape index (κ2) is 7.81. The minimum atomic E-state index is -0.895. The maximum atomic E-state index is 11.2. The van der Waals surface area contributed by atoms with Crippen LogP contribution in [0.5, 0.6) is 0 Å². The second-order valence-electron chi connectivity index (χ2n) is 7.24. The number of nitriles is 1. The topological polar surface area (TPSA) is 67.6 Å². The Hall–Kier alpha value is -2.84. The molecule has 5 nitrogen and oxygen atoms in total. The molecule has 0 saturated carbocycles. The Bertz CT molecular complexity index is 821. The number of carbonyl (C=O) groups is 1. The Balaban J connectivity index is 1.76. The Labute approximate surface area is 160 Å². The molecule has 1 aliphatic heterocycles. The third kappa shape index (κ3) is 3.81. The lowest BCUT2D eigenvalue weighted by Crippen LogP contribution is -2.51. The van der Waals surface area contributed by atoms with Crippen molar-refractivity contribution in [3.63, 3.8) is 0 Å². The first-order valence-corrected chi connectivity index (χ1v) is 9.23. The van der Waals surface area contributed by atoms with Crippen molar-refractivity contribution in [2.75, 3.05) is 20.1 Å². The molecule has 2 aromatic carbocycles. The number of amides is 1. The number of likely N-dealkylation sites (tertiary alicyclic amines) is 1. The van der Waals surface area contributed by atoms with Gasteiger partial charge in [-0.2, -0.15) is 5.26 Å². The van der Waals surface area contributed by atoms with Gasteiger partial charge < -0.3 is 10.0 Å². The number of benzene rings is 2. The van der Waals surface area contributed by atoms with E-state index < -0.39 is 11.6 Å². The average molecular weight is 363 g/mol. The van der Waals surface area contributed by atoms with Gasteiger partial charge >= 0.3 is 6.09 Å². The molecule has 0 aromatic heterocycles. The molecule has 0 bridgehead atoms. The Morgan fingerprint density at radius 1 is 1.11 bits per heavy atom. The van der Waals surface area contributed by atoms with E-state index in [1.54, 1.807) is 7.05 Å². The van der Waals surface area contributed by atoms with E-state index in [2.05, 4.69) is 35.2 Å². The van der Waals surface area contributed by atoms with Crippen LogP contribution in [0, 0.1) is 11.3 Å². The molecule has 3 rings (SSSR count). The number of rotatable bonds is 4. The first kappa shape index (κ1) is 18.9. The third-order valence-electron chi connectivity index (χ3n) is 5.72. The lowest BCUT2D eigenvalue weighted by atomic mass is 9.87. The molecule has 1 heterocycles. The van der Waals surface area contributed by atoms with Crippen molar-refractivity contribution in [2.45, 2.75) is 31.3 Å². The van der Waals surface area contributed by atoms with Gasteiger partial charge in [-0.1, -0.05) is 54.6 Å². The summed E-state index contributed by atoms with van der Waals surface area (Å²) in [5, 5.41) is 19.1. The van der Waals surface area contributed by atoms with Crippen LogP contribution in [0.3, 0.4) is 0 Å². The quantitative estimate of drug-likeness (QED) is 0.885. The van der Waals surface area contributed by atoms with E-state index in [1.165, 1.54) is 4.90 Å². The smallest absolute Gasteiger partial charge is 0.407 e. The van der Waals surface area contributed by atoms with Crippen molar-refractivity contribution in [3.8, 4) is 17.2 Å². The molecule has 1 aliphatic rings. The number of carboxylic acid groups (broad SMARTS) is 1. The summed E-state index contributed by atoms with van der Waals surface area (Å²) in [6.07, 6.45) is 0.581. The molecule has 2 aromatic rings. The van der Waals surface area contributed by atoms with Crippen molar-refractivity contribution >= 4 is 6.09 Å². The van der Waals surface area contributed by atoms with Crippen LogP contribution in [0.15, 0.2) is 54.6 Å². The number of hydrogen-bond acceptors (Lipinski definition) is 3. The molecule has 1 amide bonds. The third-order valence-corrected chi connectivity index (χ3v) is 5.72. The van der Waals surface area contributed by atoms with Gasteiger partial charge in [0.05, 0.1) is 6.07 Å². The molecule has 5 heteroatoms. The van der Waals surface area contributed by atoms with E-state index >= 15 is 0 Å². The lowest BCUT2D eigenvalue weighted by molar-refractivity contribution is 0.0698. The van der Waals surface area contributed by atoms with Gasteiger partial charge in [-0.25, -0.2) is 4.79 Å². The van der Waals surface area contributed by atoms with E-state index in [4.69, 9.17) is 5.11 Å². The predicted octanol–water partition coefficient (Wildman–Crippen LogP) is 4.17. The molecular formula is C22H25N3O2. The fourth-order valence-corrected chi connectivity index (χ4v) is 3.79. The Morgan fingerprint density at radius 3 is 2.19 bits per heavy atom. The minimum Gasteiger partial charge on any atom is -0.465 e. The highest BCUT2D eigenvalue weighted by Gasteiger charge is 2.37. The standard InChI is InChI=1S/C22H25N3O2/c1-22(16-23,25-14-12-20(13-15-25)24(2)21(26)27)19-10-8-18(9-11-19)17-6-4-3-5-7-17/h3-11,20H,12-15H2,1-2H3,(H,26,27). The summed E-state index contributed by atoms with van der Waals surface area (Å²) in [7, 11) is 1.62. The van der Waals surface area contributed by atoms with Gasteiger partial charge in [0, 0.05) is 26.2 Å². The molecular weight excluding hydrogens is 338 g/mol. The molecule has 0 spiro atoms. The number of piperidine rings is 1. The van der Waals surface area contributed by atoms with Gasteiger partial charge in [0.2, 0.25) is 0 Å². The van der Waals surface area contributed by atoms with Crippen LogP contribution in [0.4, 0.5) is 4.79 Å². The predicted molar refractivity (Wildman–Crippen MR) is 105 cm³/mol. The SMILES string of the molecule is CN(C(=O)O)C1CCN(C(C)(C#N)c2ccc(-c3ccccc3)cc2)CC1. The molecule has 27 heavy (non-hydrogen) atoms. The number of hydrogen-bond donors (Lipinski definition) is 1. The van der Waals surface area contributed by atoms with Gasteiger partial charge in [-0.05, 0) is 36.5 Å². The fraction of sp³-hybridized carbons (Fsp3) is 0.364. The Kier molecular flexibility index (Phi) is 5.48. The zero-order valence-corrected chi connectivity index (χ0v) is 15.8. The molecule has 0 radical (unpaired) electrons. The molecule has 1 atom stereocenters. The summed E-state index contributed by atoms with van der Waals surface area (Å²) in [6, 6.07) is 20.9. The van der Waals surface area contributed by atoms with Crippen molar-refractivity contribution in [1.82, 2.24) is 9.80 Å². The van der Waals surface area contributed by atoms with Gasteiger partial charge in [0.25, 0.3) is 0 Å². The molecule has 1 unspecified atom stereocenters. The second-order valence-corrected chi connectivity index (χ2v) is 7.24. The van der Waals surface area contributed by atoms with E-state index in [1.807, 2.05) is 37.3 Å². The van der Waals surface area contributed by atoms with Crippen LogP contribution in [0.1, 0.15) is 25.3 Å². The zero-order chi connectivity index (χ0) is 19.4. The lowest BCUT2D eigenvalue weighted by Gasteiger charge is -2.42. The summed E-state index contributed by atoms with van der Waals surface area (Å²) in [4.78, 5) is 14.7. The minimum absolute atomic E-state index is 0.0159. The van der Waals surface area contributed by atoms with Crippen LogP contribution in [0.2, 0.25) is 0 Å². The maximum Gasteiger partial charge on any atom is 0.407 e. The first-order chi connectivity index (χ1) is 13.0. The fourth-order valence-electron chi connectivity index (χ4n) is 3.79. The van der Waals surface area contributed by atoms with Gasteiger partial charge in [0.15, 0.2) is 0 Å². The van der Waals surface area contributed by atoms with Crippen LogP contribution >= 0.6 is 0 Å². The molecule has 140 valence electrons.